The van der Waals surface area contributed by atoms with Crippen molar-refractivity contribution < 1.29 is 14.2 Å². The van der Waals surface area contributed by atoms with E-state index in [4.69, 9.17) is 19.9 Å². The fourth-order valence-electron chi connectivity index (χ4n) is 3.77. The van der Waals surface area contributed by atoms with Gasteiger partial charge in [0.2, 0.25) is 0 Å². The van der Waals surface area contributed by atoms with Crippen molar-refractivity contribution in [3.63, 3.8) is 0 Å². The van der Waals surface area contributed by atoms with Crippen LogP contribution in [0.15, 0.2) is 72.1 Å². The van der Waals surface area contributed by atoms with Crippen LogP contribution in [0, 0.1) is 0 Å². The lowest BCUT2D eigenvalue weighted by Gasteiger charge is -2.17. The molecule has 0 saturated heterocycles. The van der Waals surface area contributed by atoms with Gasteiger partial charge in [-0.15, -0.1) is 11.3 Å². The largest absolute Gasteiger partial charge is 0.497 e. The minimum atomic E-state index is 0.112. The van der Waals surface area contributed by atoms with Crippen molar-refractivity contribution in [2.75, 3.05) is 27.1 Å². The van der Waals surface area contributed by atoms with E-state index in [1.165, 1.54) is 22.5 Å². The van der Waals surface area contributed by atoms with Crippen molar-refractivity contribution in [2.24, 2.45) is 0 Å². The molecule has 1 atom stereocenters. The summed E-state index contributed by atoms with van der Waals surface area (Å²) in [4.78, 5) is 4.57. The van der Waals surface area contributed by atoms with Crippen molar-refractivity contribution in [1.82, 2.24) is 4.98 Å². The second-order valence-corrected chi connectivity index (χ2v) is 8.30. The molecule has 0 radical (unpaired) electrons. The van der Waals surface area contributed by atoms with Crippen LogP contribution < -0.4 is 19.9 Å². The maximum atomic E-state index is 5.93. The number of thiazole rings is 1. The van der Waals surface area contributed by atoms with Gasteiger partial charge in [0.05, 0.1) is 27.0 Å². The molecule has 0 aliphatic heterocycles. The lowest BCUT2D eigenvalue weighted by atomic mass is 9.89. The first kappa shape index (κ1) is 21.7. The first-order chi connectivity index (χ1) is 15.6. The van der Waals surface area contributed by atoms with Crippen LogP contribution in [0.1, 0.15) is 22.7 Å². The van der Waals surface area contributed by atoms with Gasteiger partial charge in [-0.05, 0) is 52.9 Å². The Morgan fingerprint density at radius 3 is 2.09 bits per heavy atom. The normalized spacial score (nSPS) is 11.7. The van der Waals surface area contributed by atoms with Crippen molar-refractivity contribution in [3.8, 4) is 28.4 Å². The highest BCUT2D eigenvalue weighted by Gasteiger charge is 2.18. The molecule has 32 heavy (non-hydrogen) atoms. The first-order valence-corrected chi connectivity index (χ1v) is 11.2. The summed E-state index contributed by atoms with van der Waals surface area (Å²) in [5, 5.41) is 2.63. The van der Waals surface area contributed by atoms with Crippen LogP contribution in [-0.2, 0) is 6.42 Å². The zero-order valence-electron chi connectivity index (χ0n) is 18.4. The number of nitrogens with zero attached hydrogens (tertiary/aromatic N) is 1. The number of benzene rings is 3. The molecular weight excluding hydrogens is 420 g/mol. The van der Waals surface area contributed by atoms with Gasteiger partial charge in [-0.3, -0.25) is 0 Å². The van der Waals surface area contributed by atoms with Gasteiger partial charge in [0.25, 0.3) is 0 Å². The standard InChI is InChI=1S/C26H26N2O3S/c1-29-21-11-8-19(9-12-21)22(23-16-32-26(27)28-23)14-17-4-6-18(7-5-17)20-10-13-24(30-2)25(15-20)31-3/h4-13,15-16,22H,14H2,1-3H3,(H2,27,28)/t22-/m0/s1. The Morgan fingerprint density at radius 1 is 0.812 bits per heavy atom. The number of anilines is 1. The second kappa shape index (κ2) is 9.75. The number of hydrogen-bond acceptors (Lipinski definition) is 6. The van der Waals surface area contributed by atoms with E-state index < -0.39 is 0 Å². The molecule has 1 aromatic heterocycles. The number of nitrogens with two attached hydrogens (primary N) is 1. The Labute approximate surface area is 192 Å². The molecule has 0 unspecified atom stereocenters. The van der Waals surface area contributed by atoms with Gasteiger partial charge in [-0.2, -0.15) is 0 Å². The molecule has 0 amide bonds. The average molecular weight is 447 g/mol. The molecule has 2 N–H and O–H groups in total. The minimum Gasteiger partial charge on any atom is -0.497 e. The topological polar surface area (TPSA) is 66.6 Å². The molecule has 3 aromatic carbocycles. The molecule has 0 saturated carbocycles. The van der Waals surface area contributed by atoms with E-state index in [0.717, 1.165) is 40.5 Å². The predicted octanol–water partition coefficient (Wildman–Crippen LogP) is 5.79. The highest BCUT2D eigenvalue weighted by Crippen LogP contribution is 2.34. The van der Waals surface area contributed by atoms with Crippen LogP contribution in [0.2, 0.25) is 0 Å². The second-order valence-electron chi connectivity index (χ2n) is 7.41. The van der Waals surface area contributed by atoms with Crippen LogP contribution >= 0.6 is 11.3 Å². The third-order valence-electron chi connectivity index (χ3n) is 5.53. The van der Waals surface area contributed by atoms with E-state index in [2.05, 4.69) is 41.4 Å². The molecule has 4 rings (SSSR count). The quantitative estimate of drug-likeness (QED) is 0.371. The average Bonchev–Trinajstić information content (AvgIpc) is 3.28. The van der Waals surface area contributed by atoms with Gasteiger partial charge in [0.15, 0.2) is 16.6 Å². The van der Waals surface area contributed by atoms with Gasteiger partial charge in [0.1, 0.15) is 5.75 Å². The number of nitrogen functional groups attached to an aromatic ring is 1. The molecule has 0 aliphatic rings. The Balaban J connectivity index is 1.60. The Hall–Kier alpha value is -3.51. The molecule has 4 aromatic rings. The van der Waals surface area contributed by atoms with Gasteiger partial charge < -0.3 is 19.9 Å². The fraction of sp³-hybridized carbons (Fsp3) is 0.192. The number of hydrogen-bond donors (Lipinski definition) is 1. The first-order valence-electron chi connectivity index (χ1n) is 10.3. The highest BCUT2D eigenvalue weighted by molar-refractivity contribution is 7.13. The van der Waals surface area contributed by atoms with Crippen LogP contribution in [-0.4, -0.2) is 26.3 Å². The minimum absolute atomic E-state index is 0.112. The lowest BCUT2D eigenvalue weighted by Crippen LogP contribution is -2.06. The zero-order valence-corrected chi connectivity index (χ0v) is 19.2. The fourth-order valence-corrected chi connectivity index (χ4v) is 4.39. The number of aromatic nitrogens is 1. The molecule has 0 fully saturated rings. The Kier molecular flexibility index (Phi) is 6.61. The smallest absolute Gasteiger partial charge is 0.180 e. The van der Waals surface area contributed by atoms with Crippen LogP contribution in [0.5, 0.6) is 17.2 Å². The van der Waals surface area contributed by atoms with Crippen molar-refractivity contribution in [2.45, 2.75) is 12.3 Å². The summed E-state index contributed by atoms with van der Waals surface area (Å²) in [5.41, 5.74) is 11.5. The van der Waals surface area contributed by atoms with Gasteiger partial charge >= 0.3 is 0 Å². The third-order valence-corrected chi connectivity index (χ3v) is 6.22. The molecule has 0 bridgehead atoms. The molecule has 0 aliphatic carbocycles. The Bertz CT molecular complexity index is 1170. The van der Waals surface area contributed by atoms with Crippen LogP contribution in [0.25, 0.3) is 11.1 Å². The number of methoxy groups -OCH3 is 3. The zero-order chi connectivity index (χ0) is 22.5. The molecule has 5 nitrogen and oxygen atoms in total. The summed E-state index contributed by atoms with van der Waals surface area (Å²) in [6.45, 7) is 0. The lowest BCUT2D eigenvalue weighted by molar-refractivity contribution is 0.355. The summed E-state index contributed by atoms with van der Waals surface area (Å²) in [6.07, 6.45) is 0.821. The van der Waals surface area contributed by atoms with Crippen molar-refractivity contribution in [1.29, 1.82) is 0 Å². The van der Waals surface area contributed by atoms with Crippen LogP contribution in [0.3, 0.4) is 0 Å². The summed E-state index contributed by atoms with van der Waals surface area (Å²) in [5.74, 6) is 2.39. The number of rotatable bonds is 8. The van der Waals surface area contributed by atoms with Crippen molar-refractivity contribution in [3.05, 3.63) is 88.9 Å². The van der Waals surface area contributed by atoms with Gasteiger partial charge in [-0.25, -0.2) is 4.98 Å². The van der Waals surface area contributed by atoms with E-state index in [0.29, 0.717) is 5.13 Å². The molecule has 164 valence electrons. The van der Waals surface area contributed by atoms with Crippen LogP contribution in [0.4, 0.5) is 5.13 Å². The maximum absolute atomic E-state index is 5.93. The highest BCUT2D eigenvalue weighted by atomic mass is 32.1. The maximum Gasteiger partial charge on any atom is 0.180 e. The van der Waals surface area contributed by atoms with E-state index in [1.807, 2.05) is 35.7 Å². The monoisotopic (exact) mass is 446 g/mol. The van der Waals surface area contributed by atoms with Gasteiger partial charge in [-0.1, -0.05) is 42.5 Å². The Morgan fingerprint density at radius 2 is 1.50 bits per heavy atom. The van der Waals surface area contributed by atoms with E-state index in [9.17, 15) is 0 Å². The molecule has 1 heterocycles. The molecular formula is C26H26N2O3S. The van der Waals surface area contributed by atoms with E-state index in [-0.39, 0.29) is 5.92 Å². The van der Waals surface area contributed by atoms with Gasteiger partial charge in [0, 0.05) is 11.3 Å². The summed E-state index contributed by atoms with van der Waals surface area (Å²) < 4.78 is 16.1. The summed E-state index contributed by atoms with van der Waals surface area (Å²) in [7, 11) is 4.96. The molecule has 0 spiro atoms. The SMILES string of the molecule is COc1ccc([C@H](Cc2ccc(-c3ccc(OC)c(OC)c3)cc2)c2csc(N)n2)cc1. The van der Waals surface area contributed by atoms with E-state index >= 15 is 0 Å². The summed E-state index contributed by atoms with van der Waals surface area (Å²) >= 11 is 1.47. The number of ether oxygens (including phenoxy) is 3. The molecule has 6 heteroatoms. The summed E-state index contributed by atoms with van der Waals surface area (Å²) in [6, 6.07) is 22.7. The van der Waals surface area contributed by atoms with Crippen molar-refractivity contribution >= 4 is 16.5 Å². The third kappa shape index (κ3) is 4.70. The predicted molar refractivity (Wildman–Crippen MR) is 130 cm³/mol. The van der Waals surface area contributed by atoms with E-state index in [1.54, 1.807) is 21.3 Å².